The second kappa shape index (κ2) is 9.38. The highest BCUT2D eigenvalue weighted by Crippen LogP contribution is 2.21. The van der Waals surface area contributed by atoms with Gasteiger partial charge in [0.25, 0.3) is 0 Å². The molecule has 0 radical (unpaired) electrons. The van der Waals surface area contributed by atoms with Crippen molar-refractivity contribution in [3.05, 3.63) is 48.5 Å². The summed E-state index contributed by atoms with van der Waals surface area (Å²) in [7, 11) is 3.77. The van der Waals surface area contributed by atoms with Crippen LogP contribution in [0.1, 0.15) is 0 Å². The Hall–Kier alpha value is -1.66. The van der Waals surface area contributed by atoms with Crippen LogP contribution in [0, 0.1) is 0 Å². The molecule has 0 amide bonds. The molecule has 2 aromatic carbocycles. The first kappa shape index (κ1) is 16.7. The molecule has 4 nitrogen and oxygen atoms in total. The zero-order valence-electron chi connectivity index (χ0n) is 12.4. The Balaban J connectivity index is 1.47. The lowest BCUT2D eigenvalue weighted by molar-refractivity contribution is 1.23. The highest BCUT2D eigenvalue weighted by Gasteiger charge is 1.95. The summed E-state index contributed by atoms with van der Waals surface area (Å²) in [6, 6.07) is 15.7. The van der Waals surface area contributed by atoms with Crippen LogP contribution in [0.2, 0.25) is 0 Å². The van der Waals surface area contributed by atoms with Crippen molar-refractivity contribution >= 4 is 44.3 Å². The van der Waals surface area contributed by atoms with Gasteiger partial charge in [-0.25, -0.2) is 0 Å². The highest BCUT2D eigenvalue weighted by atomic mass is 33.1. The fourth-order valence-electron chi connectivity index (χ4n) is 1.79. The molecule has 0 unspecified atom stereocenters. The smallest absolute Gasteiger partial charge is 0.0341 e. The van der Waals surface area contributed by atoms with E-state index in [9.17, 15) is 0 Å². The number of hydrogen-bond donors (Lipinski definition) is 4. The predicted octanol–water partition coefficient (Wildman–Crippen LogP) is 3.76. The number of nitrogens with two attached hydrogens (primary N) is 2. The summed E-state index contributed by atoms with van der Waals surface area (Å²) in [5, 5.41) is 6.75. The summed E-state index contributed by atoms with van der Waals surface area (Å²) in [5.41, 5.74) is 15.1. The standard InChI is InChI=1S/C16H22N4S2/c17-13-1-5-15(6-2-13)19-9-11-21-22-12-10-20-16-7-3-14(18)4-8-16/h1-8,19-20H,9-12,17-18H2. The zero-order valence-corrected chi connectivity index (χ0v) is 14.1. The Bertz CT molecular complexity index is 492. The molecule has 0 atom stereocenters. The molecule has 0 aliphatic rings. The zero-order chi connectivity index (χ0) is 15.6. The minimum Gasteiger partial charge on any atom is -0.399 e. The lowest BCUT2D eigenvalue weighted by Crippen LogP contribution is -2.05. The maximum absolute atomic E-state index is 5.65. The summed E-state index contributed by atoms with van der Waals surface area (Å²) < 4.78 is 0. The Kier molecular flexibility index (Phi) is 7.12. The van der Waals surface area contributed by atoms with Crippen molar-refractivity contribution < 1.29 is 0 Å². The largest absolute Gasteiger partial charge is 0.399 e. The molecular formula is C16H22N4S2. The summed E-state index contributed by atoms with van der Waals surface area (Å²) >= 11 is 0. The van der Waals surface area contributed by atoms with Crippen molar-refractivity contribution in [1.29, 1.82) is 0 Å². The van der Waals surface area contributed by atoms with E-state index in [-0.39, 0.29) is 0 Å². The molecule has 0 fully saturated rings. The van der Waals surface area contributed by atoms with Crippen molar-refractivity contribution in [2.75, 3.05) is 46.7 Å². The first-order valence-electron chi connectivity index (χ1n) is 7.17. The average Bonchev–Trinajstić information content (AvgIpc) is 2.53. The first-order valence-corrected chi connectivity index (χ1v) is 9.66. The molecule has 0 saturated carbocycles. The van der Waals surface area contributed by atoms with Crippen LogP contribution in [0.5, 0.6) is 0 Å². The fourth-order valence-corrected chi connectivity index (χ4v) is 3.61. The third-order valence-electron chi connectivity index (χ3n) is 2.93. The van der Waals surface area contributed by atoms with Gasteiger partial charge in [-0.2, -0.15) is 0 Å². The van der Waals surface area contributed by atoms with E-state index < -0.39 is 0 Å². The van der Waals surface area contributed by atoms with Crippen LogP contribution in [-0.4, -0.2) is 24.6 Å². The third kappa shape index (κ3) is 6.41. The Labute approximate surface area is 139 Å². The van der Waals surface area contributed by atoms with Crippen LogP contribution < -0.4 is 22.1 Å². The van der Waals surface area contributed by atoms with Gasteiger partial charge < -0.3 is 22.1 Å². The lowest BCUT2D eigenvalue weighted by atomic mass is 10.3. The number of nitrogen functional groups attached to an aromatic ring is 2. The van der Waals surface area contributed by atoms with Crippen molar-refractivity contribution in [3.63, 3.8) is 0 Å². The molecule has 118 valence electrons. The van der Waals surface area contributed by atoms with Gasteiger partial charge in [-0.05, 0) is 48.5 Å². The Morgan fingerprint density at radius 2 is 1.00 bits per heavy atom. The van der Waals surface area contributed by atoms with Crippen LogP contribution in [0.4, 0.5) is 22.7 Å². The molecule has 0 saturated heterocycles. The minimum atomic E-state index is 0.795. The van der Waals surface area contributed by atoms with E-state index in [4.69, 9.17) is 11.5 Å². The van der Waals surface area contributed by atoms with E-state index in [1.165, 1.54) is 0 Å². The van der Waals surface area contributed by atoms with E-state index in [1.807, 2.05) is 70.1 Å². The third-order valence-corrected chi connectivity index (χ3v) is 5.34. The summed E-state index contributed by atoms with van der Waals surface area (Å²) in [6.07, 6.45) is 0. The van der Waals surface area contributed by atoms with E-state index in [1.54, 1.807) is 0 Å². The highest BCUT2D eigenvalue weighted by molar-refractivity contribution is 8.76. The normalized spacial score (nSPS) is 10.4. The van der Waals surface area contributed by atoms with Gasteiger partial charge >= 0.3 is 0 Å². The molecule has 2 rings (SSSR count). The number of nitrogens with one attached hydrogen (secondary N) is 2. The van der Waals surface area contributed by atoms with Gasteiger partial charge in [0.15, 0.2) is 0 Å². The number of rotatable bonds is 9. The number of benzene rings is 2. The van der Waals surface area contributed by atoms with Crippen LogP contribution in [0.15, 0.2) is 48.5 Å². The summed E-state index contributed by atoms with van der Waals surface area (Å²) in [5.74, 6) is 2.13. The number of hydrogen-bond acceptors (Lipinski definition) is 6. The Morgan fingerprint density at radius 1 is 0.636 bits per heavy atom. The molecule has 6 heteroatoms. The first-order chi connectivity index (χ1) is 10.7. The van der Waals surface area contributed by atoms with Crippen molar-refractivity contribution in [2.24, 2.45) is 0 Å². The van der Waals surface area contributed by atoms with Crippen LogP contribution >= 0.6 is 21.6 Å². The monoisotopic (exact) mass is 334 g/mol. The fraction of sp³-hybridized carbons (Fsp3) is 0.250. The SMILES string of the molecule is Nc1ccc(NCCSSCCNc2ccc(N)cc2)cc1. The molecule has 0 aliphatic carbocycles. The quantitative estimate of drug-likeness (QED) is 0.318. The van der Waals surface area contributed by atoms with Gasteiger partial charge in [0.2, 0.25) is 0 Å². The van der Waals surface area contributed by atoms with Crippen molar-refractivity contribution in [2.45, 2.75) is 0 Å². The maximum atomic E-state index is 5.65. The van der Waals surface area contributed by atoms with Crippen molar-refractivity contribution in [1.82, 2.24) is 0 Å². The second-order valence-corrected chi connectivity index (χ2v) is 7.44. The lowest BCUT2D eigenvalue weighted by Gasteiger charge is -2.07. The molecule has 0 bridgehead atoms. The van der Waals surface area contributed by atoms with Crippen LogP contribution in [0.3, 0.4) is 0 Å². The molecule has 0 spiro atoms. The number of anilines is 4. The molecule has 0 heterocycles. The van der Waals surface area contributed by atoms with Gasteiger partial charge in [-0.3, -0.25) is 0 Å². The van der Waals surface area contributed by atoms with E-state index in [0.717, 1.165) is 47.3 Å². The van der Waals surface area contributed by atoms with Gasteiger partial charge in [0.1, 0.15) is 0 Å². The average molecular weight is 335 g/mol. The molecule has 0 aromatic heterocycles. The van der Waals surface area contributed by atoms with Gasteiger partial charge in [-0.15, -0.1) is 0 Å². The van der Waals surface area contributed by atoms with Crippen LogP contribution in [-0.2, 0) is 0 Å². The van der Waals surface area contributed by atoms with Gasteiger partial charge in [0.05, 0.1) is 0 Å². The molecule has 0 aliphatic heterocycles. The molecule has 2 aromatic rings. The topological polar surface area (TPSA) is 76.1 Å². The van der Waals surface area contributed by atoms with Gasteiger partial charge in [0, 0.05) is 47.3 Å². The minimum absolute atomic E-state index is 0.795. The Morgan fingerprint density at radius 3 is 1.36 bits per heavy atom. The summed E-state index contributed by atoms with van der Waals surface area (Å²) in [4.78, 5) is 0. The van der Waals surface area contributed by atoms with E-state index >= 15 is 0 Å². The van der Waals surface area contributed by atoms with Crippen LogP contribution in [0.25, 0.3) is 0 Å². The molecular weight excluding hydrogens is 312 g/mol. The molecule has 6 N–H and O–H groups in total. The maximum Gasteiger partial charge on any atom is 0.0341 e. The summed E-state index contributed by atoms with van der Waals surface area (Å²) in [6.45, 7) is 1.90. The molecule has 22 heavy (non-hydrogen) atoms. The van der Waals surface area contributed by atoms with Crippen molar-refractivity contribution in [3.8, 4) is 0 Å². The van der Waals surface area contributed by atoms with Gasteiger partial charge in [-0.1, -0.05) is 21.6 Å². The second-order valence-electron chi connectivity index (χ2n) is 4.74. The van der Waals surface area contributed by atoms with E-state index in [0.29, 0.717) is 0 Å². The van der Waals surface area contributed by atoms with E-state index in [2.05, 4.69) is 10.6 Å². The predicted molar refractivity (Wildman–Crippen MR) is 104 cm³/mol.